The normalized spacial score (nSPS) is 21.8. The molecule has 0 aliphatic carbocycles. The molecule has 2 aromatic rings. The monoisotopic (exact) mass is 392 g/mol. The maximum atomic E-state index is 12.4. The van der Waals surface area contributed by atoms with Gasteiger partial charge in [-0.15, -0.1) is 0 Å². The van der Waals surface area contributed by atoms with Gasteiger partial charge in [0.15, 0.2) is 11.5 Å². The Labute approximate surface area is 172 Å². The number of carbonyl (C=O) groups excluding carboxylic acids is 1. The Kier molecular flexibility index (Phi) is 4.77. The molecule has 2 heterocycles. The quantitative estimate of drug-likeness (QED) is 0.803. The Balaban J connectivity index is 1.74. The molecule has 0 aromatic heterocycles. The Morgan fingerprint density at radius 2 is 1.79 bits per heavy atom. The SMILES string of the molecule is CCOc1ccc(/C=C/[C@]23NC(=O)CN2c2ccccc2C3(C)C)cc1OCC. The van der Waals surface area contributed by atoms with Crippen molar-refractivity contribution in [2.45, 2.75) is 38.8 Å². The second-order valence-electron chi connectivity index (χ2n) is 7.95. The van der Waals surface area contributed by atoms with Gasteiger partial charge in [-0.05, 0) is 49.2 Å². The summed E-state index contributed by atoms with van der Waals surface area (Å²) in [7, 11) is 0. The Hall–Kier alpha value is -2.95. The highest BCUT2D eigenvalue weighted by atomic mass is 16.5. The number of nitrogens with one attached hydrogen (secondary N) is 1. The lowest BCUT2D eigenvalue weighted by Crippen LogP contribution is -2.58. The van der Waals surface area contributed by atoms with Gasteiger partial charge in [0.05, 0.1) is 19.8 Å². The van der Waals surface area contributed by atoms with Crippen molar-refractivity contribution in [3.63, 3.8) is 0 Å². The summed E-state index contributed by atoms with van der Waals surface area (Å²) in [5.74, 6) is 1.52. The lowest BCUT2D eigenvalue weighted by atomic mass is 9.75. The third kappa shape index (κ3) is 2.96. The molecule has 152 valence electrons. The van der Waals surface area contributed by atoms with Gasteiger partial charge in [0.1, 0.15) is 5.66 Å². The number of ether oxygens (including phenoxy) is 2. The van der Waals surface area contributed by atoms with Crippen LogP contribution >= 0.6 is 0 Å². The number of hydrogen-bond acceptors (Lipinski definition) is 4. The van der Waals surface area contributed by atoms with Crippen molar-refractivity contribution >= 4 is 17.7 Å². The Bertz CT molecular complexity index is 966. The van der Waals surface area contributed by atoms with Crippen molar-refractivity contribution in [1.82, 2.24) is 5.32 Å². The van der Waals surface area contributed by atoms with Crippen LogP contribution in [-0.2, 0) is 10.2 Å². The molecule has 1 amide bonds. The van der Waals surface area contributed by atoms with Gasteiger partial charge in [-0.25, -0.2) is 0 Å². The molecule has 0 saturated carbocycles. The first kappa shape index (κ1) is 19.4. The van der Waals surface area contributed by atoms with Gasteiger partial charge in [0, 0.05) is 11.1 Å². The predicted octanol–water partition coefficient (Wildman–Crippen LogP) is 4.12. The van der Waals surface area contributed by atoms with E-state index < -0.39 is 5.66 Å². The summed E-state index contributed by atoms with van der Waals surface area (Å²) in [6.45, 7) is 9.81. The molecule has 2 aliphatic rings. The van der Waals surface area contributed by atoms with Crippen LogP contribution in [0.5, 0.6) is 11.5 Å². The van der Waals surface area contributed by atoms with Gasteiger partial charge in [0.2, 0.25) is 5.91 Å². The summed E-state index contributed by atoms with van der Waals surface area (Å²) in [6, 6.07) is 14.3. The maximum Gasteiger partial charge on any atom is 0.241 e. The van der Waals surface area contributed by atoms with E-state index in [9.17, 15) is 4.79 Å². The van der Waals surface area contributed by atoms with E-state index in [0.29, 0.717) is 19.8 Å². The topological polar surface area (TPSA) is 50.8 Å². The first-order chi connectivity index (χ1) is 13.9. The van der Waals surface area contributed by atoms with E-state index in [-0.39, 0.29) is 11.3 Å². The Morgan fingerprint density at radius 3 is 2.55 bits per heavy atom. The molecular formula is C24H28N2O3. The number of anilines is 1. The van der Waals surface area contributed by atoms with Crippen LogP contribution in [0.4, 0.5) is 5.69 Å². The number of para-hydroxylation sites is 1. The molecule has 29 heavy (non-hydrogen) atoms. The molecule has 0 spiro atoms. The molecule has 1 atom stereocenters. The van der Waals surface area contributed by atoms with Gasteiger partial charge < -0.3 is 19.7 Å². The molecule has 1 saturated heterocycles. The van der Waals surface area contributed by atoms with E-state index in [4.69, 9.17) is 9.47 Å². The fourth-order valence-electron chi connectivity index (χ4n) is 4.53. The van der Waals surface area contributed by atoms with E-state index >= 15 is 0 Å². The minimum Gasteiger partial charge on any atom is -0.490 e. The number of benzene rings is 2. The van der Waals surface area contributed by atoms with Crippen LogP contribution < -0.4 is 19.7 Å². The second kappa shape index (κ2) is 7.14. The van der Waals surface area contributed by atoms with Crippen LogP contribution in [0, 0.1) is 0 Å². The first-order valence-corrected chi connectivity index (χ1v) is 10.2. The molecule has 4 rings (SSSR count). The highest BCUT2D eigenvalue weighted by molar-refractivity contribution is 5.91. The van der Waals surface area contributed by atoms with Gasteiger partial charge in [-0.1, -0.05) is 44.2 Å². The molecular weight excluding hydrogens is 364 g/mol. The highest BCUT2D eigenvalue weighted by Gasteiger charge is 2.59. The van der Waals surface area contributed by atoms with Crippen LogP contribution in [0.25, 0.3) is 6.08 Å². The minimum atomic E-state index is -0.599. The zero-order valence-electron chi connectivity index (χ0n) is 17.5. The van der Waals surface area contributed by atoms with Crippen LogP contribution in [0.15, 0.2) is 48.5 Å². The first-order valence-electron chi connectivity index (χ1n) is 10.2. The molecule has 5 nitrogen and oxygen atoms in total. The second-order valence-corrected chi connectivity index (χ2v) is 7.95. The number of rotatable bonds is 6. The average Bonchev–Trinajstić information content (AvgIpc) is 3.13. The minimum absolute atomic E-state index is 0.0407. The lowest BCUT2D eigenvalue weighted by molar-refractivity contribution is -0.118. The van der Waals surface area contributed by atoms with Crippen molar-refractivity contribution in [2.24, 2.45) is 0 Å². The molecule has 1 N–H and O–H groups in total. The molecule has 0 radical (unpaired) electrons. The van der Waals surface area contributed by atoms with E-state index in [1.54, 1.807) is 0 Å². The lowest BCUT2D eigenvalue weighted by Gasteiger charge is -2.40. The standard InChI is InChI=1S/C24H28N2O3/c1-5-28-20-12-11-17(15-21(20)29-6-2)13-14-24-23(3,4)18-9-7-8-10-19(18)26(24)16-22(27)25-24/h7-15H,5-6,16H2,1-4H3,(H,25,27)/b14-13+/t24-/m0/s1. The van der Waals surface area contributed by atoms with Crippen LogP contribution in [0.3, 0.4) is 0 Å². The maximum absolute atomic E-state index is 12.4. The summed E-state index contributed by atoms with van der Waals surface area (Å²) in [6.07, 6.45) is 4.17. The van der Waals surface area contributed by atoms with Gasteiger partial charge in [-0.3, -0.25) is 4.79 Å². The fraction of sp³-hybridized carbons (Fsp3) is 0.375. The Morgan fingerprint density at radius 1 is 1.07 bits per heavy atom. The molecule has 1 fully saturated rings. The van der Waals surface area contributed by atoms with Crippen molar-refractivity contribution in [3.05, 3.63) is 59.7 Å². The van der Waals surface area contributed by atoms with Gasteiger partial charge in [0.25, 0.3) is 0 Å². The summed E-state index contributed by atoms with van der Waals surface area (Å²) in [5.41, 5.74) is 2.48. The molecule has 2 aromatic carbocycles. The highest BCUT2D eigenvalue weighted by Crippen LogP contribution is 2.52. The van der Waals surface area contributed by atoms with Gasteiger partial charge >= 0.3 is 0 Å². The third-order valence-corrected chi connectivity index (χ3v) is 5.96. The molecule has 5 heteroatoms. The van der Waals surface area contributed by atoms with Crippen molar-refractivity contribution in [1.29, 1.82) is 0 Å². The molecule has 2 aliphatic heterocycles. The largest absolute Gasteiger partial charge is 0.490 e. The molecule has 0 unspecified atom stereocenters. The van der Waals surface area contributed by atoms with Gasteiger partial charge in [-0.2, -0.15) is 0 Å². The third-order valence-electron chi connectivity index (χ3n) is 5.96. The summed E-state index contributed by atoms with van der Waals surface area (Å²) < 4.78 is 11.4. The average molecular weight is 392 g/mol. The van der Waals surface area contributed by atoms with Crippen molar-refractivity contribution < 1.29 is 14.3 Å². The van der Waals surface area contributed by atoms with E-state index in [1.807, 2.05) is 38.1 Å². The number of hydrogen-bond donors (Lipinski definition) is 1. The number of carbonyl (C=O) groups is 1. The van der Waals surface area contributed by atoms with Crippen LogP contribution in [0.2, 0.25) is 0 Å². The van der Waals surface area contributed by atoms with Crippen LogP contribution in [0.1, 0.15) is 38.8 Å². The zero-order valence-corrected chi connectivity index (χ0v) is 17.5. The zero-order chi connectivity index (χ0) is 20.6. The summed E-state index contributed by atoms with van der Waals surface area (Å²) in [4.78, 5) is 14.6. The summed E-state index contributed by atoms with van der Waals surface area (Å²) >= 11 is 0. The van der Waals surface area contributed by atoms with E-state index in [1.165, 1.54) is 5.56 Å². The van der Waals surface area contributed by atoms with Crippen molar-refractivity contribution in [3.8, 4) is 11.5 Å². The number of nitrogens with zero attached hydrogens (tertiary/aromatic N) is 1. The van der Waals surface area contributed by atoms with E-state index in [2.05, 4.69) is 54.4 Å². The number of fused-ring (bicyclic) bond motifs is 3. The number of amides is 1. The van der Waals surface area contributed by atoms with E-state index in [0.717, 1.165) is 22.7 Å². The van der Waals surface area contributed by atoms with Crippen molar-refractivity contribution in [2.75, 3.05) is 24.7 Å². The predicted molar refractivity (Wildman–Crippen MR) is 116 cm³/mol. The summed E-state index contributed by atoms with van der Waals surface area (Å²) in [5, 5.41) is 3.25. The van der Waals surface area contributed by atoms with Crippen LogP contribution in [-0.4, -0.2) is 31.3 Å². The fourth-order valence-corrected chi connectivity index (χ4v) is 4.53. The smallest absolute Gasteiger partial charge is 0.241 e. The molecule has 0 bridgehead atoms.